The summed E-state index contributed by atoms with van der Waals surface area (Å²) >= 11 is 0. The molecule has 0 spiro atoms. The van der Waals surface area contributed by atoms with Gasteiger partial charge in [0.2, 0.25) is 11.8 Å². The Morgan fingerprint density at radius 1 is 1.08 bits per heavy atom. The fourth-order valence-corrected chi connectivity index (χ4v) is 2.91. The minimum atomic E-state index is -1.20. The molecular weight excluding hydrogens is 343 g/mol. The lowest BCUT2D eigenvalue weighted by molar-refractivity contribution is -0.126. The molecule has 0 aromatic heterocycles. The molecule has 4 N–H and O–H groups in total. The van der Waals surface area contributed by atoms with Crippen LogP contribution in [0.3, 0.4) is 0 Å². The summed E-state index contributed by atoms with van der Waals surface area (Å²) < 4.78 is 18.4. The van der Waals surface area contributed by atoms with Crippen molar-refractivity contribution in [3.63, 3.8) is 0 Å². The third kappa shape index (κ3) is 4.78. The first kappa shape index (κ1) is 18.8. The van der Waals surface area contributed by atoms with Crippen molar-refractivity contribution in [1.82, 2.24) is 10.6 Å². The van der Waals surface area contributed by atoms with Gasteiger partial charge in [0.1, 0.15) is 24.1 Å². The highest BCUT2D eigenvalue weighted by molar-refractivity contribution is 5.80. The molecular formula is C18H23FN2O5. The summed E-state index contributed by atoms with van der Waals surface area (Å²) in [6, 6.07) is 5.75. The van der Waals surface area contributed by atoms with Crippen LogP contribution < -0.4 is 10.6 Å². The largest absolute Gasteiger partial charge is 0.388 e. The Morgan fingerprint density at radius 3 is 2.38 bits per heavy atom. The highest BCUT2D eigenvalue weighted by Gasteiger charge is 2.43. The predicted molar refractivity (Wildman–Crippen MR) is 89.3 cm³/mol. The van der Waals surface area contributed by atoms with Crippen molar-refractivity contribution in [2.75, 3.05) is 6.54 Å². The Kier molecular flexibility index (Phi) is 5.85. The van der Waals surface area contributed by atoms with Crippen LogP contribution in [0, 0.1) is 11.7 Å². The first-order chi connectivity index (χ1) is 12.4. The van der Waals surface area contributed by atoms with Crippen LogP contribution in [0.15, 0.2) is 24.3 Å². The first-order valence-corrected chi connectivity index (χ1v) is 8.74. The number of benzene rings is 1. The zero-order valence-electron chi connectivity index (χ0n) is 14.2. The number of nitrogens with one attached hydrogen (secondary N) is 2. The zero-order valence-corrected chi connectivity index (χ0v) is 14.2. The van der Waals surface area contributed by atoms with Gasteiger partial charge in [-0.1, -0.05) is 12.1 Å². The summed E-state index contributed by atoms with van der Waals surface area (Å²) in [4.78, 5) is 23.7. The molecule has 1 aromatic carbocycles. The summed E-state index contributed by atoms with van der Waals surface area (Å²) in [5.41, 5.74) is 0.744. The second-order valence-corrected chi connectivity index (χ2v) is 6.82. The number of halogens is 1. The number of amides is 2. The molecule has 8 heteroatoms. The maximum absolute atomic E-state index is 12.9. The minimum Gasteiger partial charge on any atom is -0.388 e. The van der Waals surface area contributed by atoms with Crippen LogP contribution in [-0.2, 0) is 20.9 Å². The quantitative estimate of drug-likeness (QED) is 0.537. The van der Waals surface area contributed by atoms with Crippen LogP contribution in [0.4, 0.5) is 4.39 Å². The number of carbonyl (C=O) groups is 2. The molecule has 4 unspecified atom stereocenters. The molecule has 1 aromatic rings. The van der Waals surface area contributed by atoms with Crippen molar-refractivity contribution in [2.45, 2.75) is 50.2 Å². The molecule has 2 aliphatic rings. The van der Waals surface area contributed by atoms with E-state index < -0.39 is 24.4 Å². The molecule has 26 heavy (non-hydrogen) atoms. The molecule has 1 saturated heterocycles. The number of aliphatic hydroxyl groups excluding tert-OH is 2. The summed E-state index contributed by atoms with van der Waals surface area (Å²) in [6.07, 6.45) is -2.33. The van der Waals surface area contributed by atoms with Crippen LogP contribution in [0.5, 0.6) is 0 Å². The van der Waals surface area contributed by atoms with E-state index in [1.807, 2.05) is 0 Å². The lowest BCUT2D eigenvalue weighted by Crippen LogP contribution is -2.40. The Bertz CT molecular complexity index is 649. The first-order valence-electron chi connectivity index (χ1n) is 8.74. The van der Waals surface area contributed by atoms with E-state index in [2.05, 4.69) is 10.6 Å². The number of carbonyl (C=O) groups excluding carboxylic acids is 2. The average molecular weight is 366 g/mol. The van der Waals surface area contributed by atoms with Crippen molar-refractivity contribution in [3.8, 4) is 0 Å². The highest BCUT2D eigenvalue weighted by Crippen LogP contribution is 2.29. The summed E-state index contributed by atoms with van der Waals surface area (Å²) in [7, 11) is 0. The number of hydrogen-bond donors (Lipinski definition) is 4. The van der Waals surface area contributed by atoms with Gasteiger partial charge in [-0.05, 0) is 30.5 Å². The van der Waals surface area contributed by atoms with Crippen LogP contribution in [0.25, 0.3) is 0 Å². The van der Waals surface area contributed by atoms with E-state index in [0.717, 1.165) is 18.4 Å². The molecule has 3 rings (SSSR count). The van der Waals surface area contributed by atoms with Crippen LogP contribution in [0.1, 0.15) is 24.8 Å². The monoisotopic (exact) mass is 366 g/mol. The van der Waals surface area contributed by atoms with Crippen LogP contribution in [-0.4, -0.2) is 53.0 Å². The Labute approximate surface area is 150 Å². The molecule has 142 valence electrons. The van der Waals surface area contributed by atoms with Crippen LogP contribution in [0.2, 0.25) is 0 Å². The Balaban J connectivity index is 1.43. The Morgan fingerprint density at radius 2 is 1.73 bits per heavy atom. The van der Waals surface area contributed by atoms with Crippen molar-refractivity contribution in [1.29, 1.82) is 0 Å². The zero-order chi connectivity index (χ0) is 18.7. The number of aliphatic hydroxyl groups is 2. The highest BCUT2D eigenvalue weighted by atomic mass is 19.1. The number of hydrogen-bond acceptors (Lipinski definition) is 5. The van der Waals surface area contributed by atoms with E-state index in [1.165, 1.54) is 12.1 Å². The van der Waals surface area contributed by atoms with Gasteiger partial charge in [0.15, 0.2) is 0 Å². The Hall–Kier alpha value is -2.03. The molecule has 1 aliphatic heterocycles. The summed E-state index contributed by atoms with van der Waals surface area (Å²) in [5, 5.41) is 25.5. The number of ether oxygens (including phenoxy) is 1. The third-order valence-electron chi connectivity index (χ3n) is 4.68. The molecule has 1 heterocycles. The second kappa shape index (κ2) is 8.11. The number of rotatable bonds is 7. The third-order valence-corrected chi connectivity index (χ3v) is 4.68. The lowest BCUT2D eigenvalue weighted by Gasteiger charge is -2.15. The summed E-state index contributed by atoms with van der Waals surface area (Å²) in [6.45, 7) is 0.326. The van der Waals surface area contributed by atoms with Crippen molar-refractivity contribution < 1.29 is 28.9 Å². The fourth-order valence-electron chi connectivity index (χ4n) is 2.91. The van der Waals surface area contributed by atoms with Gasteiger partial charge < -0.3 is 25.6 Å². The van der Waals surface area contributed by atoms with Crippen LogP contribution >= 0.6 is 0 Å². The molecule has 0 bridgehead atoms. The molecule has 1 aliphatic carbocycles. The van der Waals surface area contributed by atoms with Crippen molar-refractivity contribution >= 4 is 11.8 Å². The standard InChI is InChI=1S/C18H23FN2O5/c19-12-5-1-10(2-6-12)8-20-15(22)7-13-16(23)17(24)14(26-13)9-21-18(25)11-3-4-11/h1-2,5-6,11,13-14,16-17,23-24H,3-4,7-9H2,(H,20,22)(H,21,25). The van der Waals surface area contributed by atoms with Gasteiger partial charge in [-0.2, -0.15) is 0 Å². The van der Waals surface area contributed by atoms with Gasteiger partial charge >= 0.3 is 0 Å². The topological polar surface area (TPSA) is 108 Å². The predicted octanol–water partition coefficient (Wildman–Crippen LogP) is -0.153. The van der Waals surface area contributed by atoms with Gasteiger partial charge in [-0.15, -0.1) is 0 Å². The van der Waals surface area contributed by atoms with E-state index in [0.29, 0.717) is 0 Å². The van der Waals surface area contributed by atoms with Gasteiger partial charge in [-0.25, -0.2) is 4.39 Å². The molecule has 0 radical (unpaired) electrons. The molecule has 2 fully saturated rings. The van der Waals surface area contributed by atoms with E-state index >= 15 is 0 Å². The lowest BCUT2D eigenvalue weighted by atomic mass is 10.1. The van der Waals surface area contributed by atoms with Gasteiger partial charge in [0, 0.05) is 19.0 Å². The van der Waals surface area contributed by atoms with Gasteiger partial charge in [-0.3, -0.25) is 9.59 Å². The smallest absolute Gasteiger partial charge is 0.223 e. The van der Waals surface area contributed by atoms with Crippen molar-refractivity contribution in [2.24, 2.45) is 5.92 Å². The van der Waals surface area contributed by atoms with Gasteiger partial charge in [0.25, 0.3) is 0 Å². The van der Waals surface area contributed by atoms with Crippen molar-refractivity contribution in [3.05, 3.63) is 35.6 Å². The SMILES string of the molecule is O=C(CC1OC(CNC(=O)C2CC2)C(O)C1O)NCc1ccc(F)cc1. The van der Waals surface area contributed by atoms with E-state index in [4.69, 9.17) is 4.74 Å². The molecule has 1 saturated carbocycles. The minimum absolute atomic E-state index is 0.0477. The molecule has 4 atom stereocenters. The fraction of sp³-hybridized carbons (Fsp3) is 0.556. The second-order valence-electron chi connectivity index (χ2n) is 6.82. The molecule has 2 amide bonds. The average Bonchev–Trinajstić information content (AvgIpc) is 3.44. The maximum Gasteiger partial charge on any atom is 0.223 e. The van der Waals surface area contributed by atoms with E-state index in [-0.39, 0.29) is 43.1 Å². The maximum atomic E-state index is 12.9. The van der Waals surface area contributed by atoms with Gasteiger partial charge in [0.05, 0.1) is 12.5 Å². The van der Waals surface area contributed by atoms with E-state index in [9.17, 15) is 24.2 Å². The normalized spacial score (nSPS) is 28.0. The molecule has 7 nitrogen and oxygen atoms in total. The summed E-state index contributed by atoms with van der Waals surface area (Å²) in [5.74, 6) is -0.730. The van der Waals surface area contributed by atoms with E-state index in [1.54, 1.807) is 12.1 Å².